The lowest BCUT2D eigenvalue weighted by Gasteiger charge is -2.15. The van der Waals surface area contributed by atoms with Gasteiger partial charge in [0.05, 0.1) is 13.2 Å². The Kier molecular flexibility index (Phi) is 8.06. The van der Waals surface area contributed by atoms with E-state index in [-0.39, 0.29) is 17.9 Å². The molecule has 2 aromatic rings. The Labute approximate surface area is 182 Å². The molecule has 0 aromatic heterocycles. The number of ether oxygens (including phenoxy) is 3. The number of amides is 2. The number of carbonyl (C=O) groups is 2. The summed E-state index contributed by atoms with van der Waals surface area (Å²) in [5.74, 6) is 0.921. The SMILES string of the molecule is CNC(=O)c1ccc(/C=C/C(=O)NCc2ccc(OCC3CCCO3)c(OC)c2)cc1. The van der Waals surface area contributed by atoms with E-state index < -0.39 is 0 Å². The Morgan fingerprint density at radius 3 is 2.65 bits per heavy atom. The molecule has 1 saturated heterocycles. The van der Waals surface area contributed by atoms with E-state index in [1.165, 1.54) is 6.08 Å². The number of benzene rings is 2. The molecule has 0 aliphatic carbocycles. The first kappa shape index (κ1) is 22.4. The molecule has 31 heavy (non-hydrogen) atoms. The molecule has 1 aliphatic heterocycles. The Morgan fingerprint density at radius 1 is 1.16 bits per heavy atom. The van der Waals surface area contributed by atoms with Gasteiger partial charge >= 0.3 is 0 Å². The second-order valence-electron chi connectivity index (χ2n) is 7.18. The van der Waals surface area contributed by atoms with Crippen LogP contribution in [0.3, 0.4) is 0 Å². The maximum atomic E-state index is 12.2. The minimum Gasteiger partial charge on any atom is -0.493 e. The maximum Gasteiger partial charge on any atom is 0.251 e. The predicted molar refractivity (Wildman–Crippen MR) is 118 cm³/mol. The van der Waals surface area contributed by atoms with Gasteiger partial charge in [0.25, 0.3) is 5.91 Å². The lowest BCUT2D eigenvalue weighted by atomic mass is 10.1. The highest BCUT2D eigenvalue weighted by Gasteiger charge is 2.17. The Balaban J connectivity index is 1.50. The summed E-state index contributed by atoms with van der Waals surface area (Å²) in [5, 5.41) is 5.42. The van der Waals surface area contributed by atoms with Crippen LogP contribution in [0, 0.1) is 0 Å². The van der Waals surface area contributed by atoms with Crippen LogP contribution in [-0.4, -0.2) is 45.3 Å². The smallest absolute Gasteiger partial charge is 0.251 e. The van der Waals surface area contributed by atoms with Gasteiger partial charge in [-0.15, -0.1) is 0 Å². The second kappa shape index (κ2) is 11.2. The summed E-state index contributed by atoms with van der Waals surface area (Å²) in [6.07, 6.45) is 5.38. The Bertz CT molecular complexity index is 918. The first-order valence-electron chi connectivity index (χ1n) is 10.3. The first-order valence-corrected chi connectivity index (χ1v) is 10.3. The van der Waals surface area contributed by atoms with Crippen molar-refractivity contribution in [1.82, 2.24) is 10.6 Å². The van der Waals surface area contributed by atoms with Gasteiger partial charge in [-0.3, -0.25) is 9.59 Å². The molecule has 164 valence electrons. The summed E-state index contributed by atoms with van der Waals surface area (Å²) in [4.78, 5) is 23.7. The molecule has 2 amide bonds. The van der Waals surface area contributed by atoms with Gasteiger partial charge in [0.15, 0.2) is 11.5 Å². The average molecular weight is 424 g/mol. The molecule has 7 heteroatoms. The van der Waals surface area contributed by atoms with Crippen LogP contribution in [-0.2, 0) is 16.1 Å². The Hall–Kier alpha value is -3.32. The fourth-order valence-electron chi connectivity index (χ4n) is 3.21. The van der Waals surface area contributed by atoms with Gasteiger partial charge in [0.2, 0.25) is 5.91 Å². The normalized spacial score (nSPS) is 15.6. The summed E-state index contributed by atoms with van der Waals surface area (Å²) >= 11 is 0. The van der Waals surface area contributed by atoms with E-state index in [0.717, 1.165) is 30.6 Å². The third-order valence-electron chi connectivity index (χ3n) is 4.97. The van der Waals surface area contributed by atoms with Crippen LogP contribution >= 0.6 is 0 Å². The highest BCUT2D eigenvalue weighted by Crippen LogP contribution is 2.29. The summed E-state index contributed by atoms with van der Waals surface area (Å²) in [5.41, 5.74) is 2.30. The molecule has 0 spiro atoms. The molecule has 1 atom stereocenters. The van der Waals surface area contributed by atoms with Gasteiger partial charge in [-0.1, -0.05) is 18.2 Å². The molecule has 1 unspecified atom stereocenters. The van der Waals surface area contributed by atoms with Crippen LogP contribution in [0.15, 0.2) is 48.5 Å². The maximum absolute atomic E-state index is 12.2. The van der Waals surface area contributed by atoms with Crippen LogP contribution in [0.2, 0.25) is 0 Å². The zero-order valence-electron chi connectivity index (χ0n) is 17.9. The van der Waals surface area contributed by atoms with Crippen molar-refractivity contribution in [3.8, 4) is 11.5 Å². The average Bonchev–Trinajstić information content (AvgIpc) is 3.33. The molecule has 1 heterocycles. The van der Waals surface area contributed by atoms with E-state index in [1.807, 2.05) is 18.2 Å². The number of rotatable bonds is 9. The fraction of sp³-hybridized carbons (Fsp3) is 0.333. The van der Waals surface area contributed by atoms with E-state index in [9.17, 15) is 9.59 Å². The van der Waals surface area contributed by atoms with Crippen molar-refractivity contribution in [2.45, 2.75) is 25.5 Å². The molecule has 1 fully saturated rings. The summed E-state index contributed by atoms with van der Waals surface area (Å²) in [7, 11) is 3.18. The topological polar surface area (TPSA) is 85.9 Å². The van der Waals surface area contributed by atoms with E-state index in [0.29, 0.717) is 30.2 Å². The number of carbonyl (C=O) groups excluding carboxylic acids is 2. The lowest BCUT2D eigenvalue weighted by molar-refractivity contribution is -0.116. The number of methoxy groups -OCH3 is 1. The molecule has 3 rings (SSSR count). The molecule has 0 bridgehead atoms. The van der Waals surface area contributed by atoms with Crippen LogP contribution in [0.4, 0.5) is 0 Å². The summed E-state index contributed by atoms with van der Waals surface area (Å²) in [6, 6.07) is 12.6. The third-order valence-corrected chi connectivity index (χ3v) is 4.97. The molecule has 7 nitrogen and oxygen atoms in total. The van der Waals surface area contributed by atoms with E-state index in [2.05, 4.69) is 10.6 Å². The lowest BCUT2D eigenvalue weighted by Crippen LogP contribution is -2.20. The Morgan fingerprint density at radius 2 is 1.97 bits per heavy atom. The van der Waals surface area contributed by atoms with Gasteiger partial charge < -0.3 is 24.8 Å². The predicted octanol–water partition coefficient (Wildman–Crippen LogP) is 2.94. The van der Waals surface area contributed by atoms with Gasteiger partial charge in [0, 0.05) is 31.8 Å². The number of hydrogen-bond donors (Lipinski definition) is 2. The van der Waals surface area contributed by atoms with Crippen molar-refractivity contribution in [2.24, 2.45) is 0 Å². The minimum absolute atomic E-state index is 0.135. The van der Waals surface area contributed by atoms with Crippen molar-refractivity contribution in [1.29, 1.82) is 0 Å². The zero-order valence-corrected chi connectivity index (χ0v) is 17.9. The summed E-state index contributed by atoms with van der Waals surface area (Å²) < 4.78 is 16.8. The highest BCUT2D eigenvalue weighted by molar-refractivity contribution is 5.94. The second-order valence-corrected chi connectivity index (χ2v) is 7.18. The van der Waals surface area contributed by atoms with E-state index in [1.54, 1.807) is 44.5 Å². The third kappa shape index (κ3) is 6.58. The van der Waals surface area contributed by atoms with Crippen LogP contribution < -0.4 is 20.1 Å². The van der Waals surface area contributed by atoms with Gasteiger partial charge in [-0.05, 0) is 54.3 Å². The molecule has 0 radical (unpaired) electrons. The largest absolute Gasteiger partial charge is 0.493 e. The quantitative estimate of drug-likeness (QED) is 0.605. The molecule has 1 aliphatic rings. The zero-order chi connectivity index (χ0) is 22.1. The molecule has 2 N–H and O–H groups in total. The van der Waals surface area contributed by atoms with Crippen molar-refractivity contribution >= 4 is 17.9 Å². The van der Waals surface area contributed by atoms with Gasteiger partial charge in [-0.25, -0.2) is 0 Å². The van der Waals surface area contributed by atoms with Crippen molar-refractivity contribution in [2.75, 3.05) is 27.4 Å². The van der Waals surface area contributed by atoms with E-state index in [4.69, 9.17) is 14.2 Å². The molecule has 2 aromatic carbocycles. The summed E-state index contributed by atoms with van der Waals surface area (Å²) in [6.45, 7) is 1.65. The standard InChI is InChI=1S/C24H28N2O5/c1-25-24(28)19-9-5-17(6-10-19)8-12-23(27)26-15-18-7-11-21(22(14-18)29-2)31-16-20-4-3-13-30-20/h5-12,14,20H,3-4,13,15-16H2,1-2H3,(H,25,28)(H,26,27)/b12-8+. The molecular formula is C24H28N2O5. The molecular weight excluding hydrogens is 396 g/mol. The van der Waals surface area contributed by atoms with Gasteiger partial charge in [0.1, 0.15) is 6.61 Å². The van der Waals surface area contributed by atoms with Crippen molar-refractivity contribution in [3.05, 3.63) is 65.2 Å². The van der Waals surface area contributed by atoms with Crippen LogP contribution in [0.5, 0.6) is 11.5 Å². The highest BCUT2D eigenvalue weighted by atomic mass is 16.5. The van der Waals surface area contributed by atoms with Crippen molar-refractivity contribution < 1.29 is 23.8 Å². The van der Waals surface area contributed by atoms with Crippen molar-refractivity contribution in [3.63, 3.8) is 0 Å². The minimum atomic E-state index is -0.215. The monoisotopic (exact) mass is 424 g/mol. The fourth-order valence-corrected chi connectivity index (χ4v) is 3.21. The number of nitrogens with one attached hydrogen (secondary N) is 2. The number of hydrogen-bond acceptors (Lipinski definition) is 5. The van der Waals surface area contributed by atoms with Crippen LogP contribution in [0.1, 0.15) is 34.3 Å². The van der Waals surface area contributed by atoms with E-state index >= 15 is 0 Å². The van der Waals surface area contributed by atoms with Crippen LogP contribution in [0.25, 0.3) is 6.08 Å². The first-order chi connectivity index (χ1) is 15.1. The molecule has 0 saturated carbocycles. The van der Waals surface area contributed by atoms with Gasteiger partial charge in [-0.2, -0.15) is 0 Å².